The Morgan fingerprint density at radius 2 is 2.07 bits per heavy atom. The fourth-order valence-corrected chi connectivity index (χ4v) is 3.55. The molecule has 150 valence electrons. The third-order valence-corrected chi connectivity index (χ3v) is 5.12. The van der Waals surface area contributed by atoms with Crippen LogP contribution in [0.3, 0.4) is 0 Å². The van der Waals surface area contributed by atoms with Crippen molar-refractivity contribution in [2.75, 3.05) is 6.54 Å². The fourth-order valence-electron chi connectivity index (χ4n) is 3.42. The van der Waals surface area contributed by atoms with Crippen molar-refractivity contribution in [2.24, 2.45) is 0 Å². The van der Waals surface area contributed by atoms with Crippen LogP contribution in [0.2, 0.25) is 5.02 Å². The number of carbonyl (C=O) groups is 2. The highest BCUT2D eigenvalue weighted by Crippen LogP contribution is 2.21. The minimum Gasteiger partial charge on any atom is -0.467 e. The lowest BCUT2D eigenvalue weighted by Crippen LogP contribution is -2.46. The monoisotopic (exact) mass is 413 g/mol. The highest BCUT2D eigenvalue weighted by Gasteiger charge is 2.36. The summed E-state index contributed by atoms with van der Waals surface area (Å²) in [7, 11) is 0. The topological polar surface area (TPSA) is 93.3 Å². The van der Waals surface area contributed by atoms with Gasteiger partial charge in [-0.25, -0.2) is 9.67 Å². The van der Waals surface area contributed by atoms with E-state index in [9.17, 15) is 9.59 Å². The highest BCUT2D eigenvalue weighted by atomic mass is 35.5. The van der Waals surface area contributed by atoms with Gasteiger partial charge >= 0.3 is 0 Å². The zero-order valence-corrected chi connectivity index (χ0v) is 16.6. The number of nitrogens with one attached hydrogen (secondary N) is 1. The Hall–Kier alpha value is -3.13. The van der Waals surface area contributed by atoms with Gasteiger partial charge in [0, 0.05) is 11.6 Å². The first kappa shape index (κ1) is 19.2. The maximum Gasteiger partial charge on any atom is 0.294 e. The minimum absolute atomic E-state index is 0.0724. The van der Waals surface area contributed by atoms with E-state index in [1.807, 2.05) is 0 Å². The van der Waals surface area contributed by atoms with E-state index in [1.165, 1.54) is 0 Å². The van der Waals surface area contributed by atoms with Gasteiger partial charge in [0.15, 0.2) is 0 Å². The molecule has 3 heterocycles. The molecule has 9 heteroatoms. The summed E-state index contributed by atoms with van der Waals surface area (Å²) in [6.07, 6.45) is 2.91. The van der Waals surface area contributed by atoms with Crippen LogP contribution in [0.15, 0.2) is 47.1 Å². The summed E-state index contributed by atoms with van der Waals surface area (Å²) >= 11 is 5.93. The standard InChI is InChI=1S/C20H20ClN5O3/c1-13-23-18(24-26(13)15-8-6-14(21)7-9-15)20(28)25-10-2-5-17(25)19(27)22-12-16-4-3-11-29-16/h3-4,6-9,11,17H,2,5,10,12H2,1H3,(H,22,27). The molecular formula is C20H20ClN5O3. The Balaban J connectivity index is 1.49. The first-order valence-electron chi connectivity index (χ1n) is 9.33. The van der Waals surface area contributed by atoms with Crippen LogP contribution in [0.1, 0.15) is 35.0 Å². The molecule has 1 aromatic carbocycles. The van der Waals surface area contributed by atoms with Gasteiger partial charge in [0.2, 0.25) is 11.7 Å². The molecule has 8 nitrogen and oxygen atoms in total. The molecule has 1 saturated heterocycles. The van der Waals surface area contributed by atoms with Crippen LogP contribution in [0, 0.1) is 6.92 Å². The Kier molecular flexibility index (Phi) is 5.35. The number of likely N-dealkylation sites (tertiary alicyclic amines) is 1. The smallest absolute Gasteiger partial charge is 0.294 e. The second-order valence-electron chi connectivity index (χ2n) is 6.82. The van der Waals surface area contributed by atoms with Gasteiger partial charge < -0.3 is 14.6 Å². The number of hydrogen-bond acceptors (Lipinski definition) is 5. The van der Waals surface area contributed by atoms with Gasteiger partial charge in [0.1, 0.15) is 17.6 Å². The third-order valence-electron chi connectivity index (χ3n) is 4.86. The highest BCUT2D eigenvalue weighted by molar-refractivity contribution is 6.30. The molecule has 1 N–H and O–H groups in total. The molecule has 1 aliphatic heterocycles. The molecule has 2 aromatic heterocycles. The van der Waals surface area contributed by atoms with Crippen LogP contribution in [-0.4, -0.2) is 44.1 Å². The van der Waals surface area contributed by atoms with Crippen molar-refractivity contribution in [1.29, 1.82) is 0 Å². The zero-order chi connectivity index (χ0) is 20.4. The predicted octanol–water partition coefficient (Wildman–Crippen LogP) is 2.74. The summed E-state index contributed by atoms with van der Waals surface area (Å²) < 4.78 is 6.82. The number of amides is 2. The molecule has 0 radical (unpaired) electrons. The first-order chi connectivity index (χ1) is 14.0. The average Bonchev–Trinajstić information content (AvgIpc) is 3.47. The van der Waals surface area contributed by atoms with Crippen molar-refractivity contribution in [3.8, 4) is 5.69 Å². The molecule has 0 saturated carbocycles. The van der Waals surface area contributed by atoms with E-state index in [2.05, 4.69) is 15.4 Å². The number of nitrogens with zero attached hydrogens (tertiary/aromatic N) is 4. The van der Waals surface area contributed by atoms with Crippen molar-refractivity contribution < 1.29 is 14.0 Å². The number of hydrogen-bond donors (Lipinski definition) is 1. The van der Waals surface area contributed by atoms with Crippen molar-refractivity contribution in [1.82, 2.24) is 25.0 Å². The molecule has 1 unspecified atom stereocenters. The SMILES string of the molecule is Cc1nc(C(=O)N2CCCC2C(=O)NCc2ccco2)nn1-c1ccc(Cl)cc1. The Labute approximate surface area is 172 Å². The quantitative estimate of drug-likeness (QED) is 0.694. The van der Waals surface area contributed by atoms with Crippen molar-refractivity contribution >= 4 is 23.4 Å². The van der Waals surface area contributed by atoms with E-state index < -0.39 is 6.04 Å². The van der Waals surface area contributed by atoms with Gasteiger partial charge in [0.05, 0.1) is 18.5 Å². The number of aryl methyl sites for hydroxylation is 1. The van der Waals surface area contributed by atoms with Crippen LogP contribution >= 0.6 is 11.6 Å². The van der Waals surface area contributed by atoms with Gasteiger partial charge in [-0.2, -0.15) is 0 Å². The molecule has 0 aliphatic carbocycles. The number of halogens is 1. The fraction of sp³-hybridized carbons (Fsp3) is 0.300. The van der Waals surface area contributed by atoms with Crippen LogP contribution < -0.4 is 5.32 Å². The number of aromatic nitrogens is 3. The van der Waals surface area contributed by atoms with Crippen LogP contribution in [0.5, 0.6) is 0 Å². The number of furan rings is 1. The van der Waals surface area contributed by atoms with E-state index in [4.69, 9.17) is 16.0 Å². The van der Waals surface area contributed by atoms with Gasteiger partial charge in [-0.15, -0.1) is 5.10 Å². The summed E-state index contributed by atoms with van der Waals surface area (Å²) in [6, 6.07) is 10.1. The second-order valence-corrected chi connectivity index (χ2v) is 7.26. The summed E-state index contributed by atoms with van der Waals surface area (Å²) in [6.45, 7) is 2.55. The lowest BCUT2D eigenvalue weighted by molar-refractivity contribution is -0.125. The van der Waals surface area contributed by atoms with Crippen molar-refractivity contribution in [2.45, 2.75) is 32.4 Å². The van der Waals surface area contributed by atoms with Crippen LogP contribution in [0.4, 0.5) is 0 Å². The molecule has 0 spiro atoms. The van der Waals surface area contributed by atoms with Gasteiger partial charge in [-0.05, 0) is 56.2 Å². The third kappa shape index (κ3) is 4.02. The average molecular weight is 414 g/mol. The van der Waals surface area contributed by atoms with Crippen LogP contribution in [0.25, 0.3) is 5.69 Å². The summed E-state index contributed by atoms with van der Waals surface area (Å²) in [4.78, 5) is 31.5. The lowest BCUT2D eigenvalue weighted by Gasteiger charge is -2.22. The zero-order valence-electron chi connectivity index (χ0n) is 15.8. The molecule has 1 aliphatic rings. The first-order valence-corrected chi connectivity index (χ1v) is 9.71. The summed E-state index contributed by atoms with van der Waals surface area (Å²) in [5.41, 5.74) is 0.757. The number of benzene rings is 1. The van der Waals surface area contributed by atoms with Gasteiger partial charge in [0.25, 0.3) is 5.91 Å². The van der Waals surface area contributed by atoms with Crippen LogP contribution in [-0.2, 0) is 11.3 Å². The maximum absolute atomic E-state index is 13.0. The minimum atomic E-state index is -0.541. The second kappa shape index (κ2) is 8.08. The van der Waals surface area contributed by atoms with Gasteiger partial charge in [-0.1, -0.05) is 11.6 Å². The van der Waals surface area contributed by atoms with Crippen molar-refractivity contribution in [3.05, 3.63) is 65.1 Å². The molecule has 2 amide bonds. The van der Waals surface area contributed by atoms with Crippen molar-refractivity contribution in [3.63, 3.8) is 0 Å². The van der Waals surface area contributed by atoms with E-state index in [-0.39, 0.29) is 24.2 Å². The van der Waals surface area contributed by atoms with E-state index in [0.29, 0.717) is 29.6 Å². The Bertz CT molecular complexity index is 1010. The predicted molar refractivity (Wildman–Crippen MR) is 106 cm³/mol. The molecular weight excluding hydrogens is 394 g/mol. The van der Waals surface area contributed by atoms with E-state index >= 15 is 0 Å². The lowest BCUT2D eigenvalue weighted by atomic mass is 10.2. The summed E-state index contributed by atoms with van der Waals surface area (Å²) in [5, 5.41) is 7.80. The molecule has 3 aromatic rings. The number of carbonyl (C=O) groups excluding carboxylic acids is 2. The molecule has 1 atom stereocenters. The maximum atomic E-state index is 13.0. The molecule has 4 rings (SSSR count). The largest absolute Gasteiger partial charge is 0.467 e. The Morgan fingerprint density at radius 3 is 2.79 bits per heavy atom. The Morgan fingerprint density at radius 1 is 1.28 bits per heavy atom. The van der Waals surface area contributed by atoms with E-state index in [0.717, 1.165) is 12.1 Å². The molecule has 0 bridgehead atoms. The van der Waals surface area contributed by atoms with E-state index in [1.54, 1.807) is 59.2 Å². The van der Waals surface area contributed by atoms with Gasteiger partial charge in [-0.3, -0.25) is 9.59 Å². The molecule has 29 heavy (non-hydrogen) atoms. The molecule has 1 fully saturated rings. The normalized spacial score (nSPS) is 16.2. The number of rotatable bonds is 5. The summed E-state index contributed by atoms with van der Waals surface area (Å²) in [5.74, 6) is 0.752.